The zero-order valence-electron chi connectivity index (χ0n) is 15.2. The topological polar surface area (TPSA) is 94.8 Å². The van der Waals surface area contributed by atoms with Gasteiger partial charge in [-0.05, 0) is 51.8 Å². The predicted octanol–water partition coefficient (Wildman–Crippen LogP) is 2.86. The van der Waals surface area contributed by atoms with Gasteiger partial charge in [-0.2, -0.15) is 0 Å². The van der Waals surface area contributed by atoms with Gasteiger partial charge in [-0.15, -0.1) is 0 Å². The molecule has 2 heterocycles. The largest absolute Gasteiger partial charge is 0.461 e. The number of rotatable bonds is 3. The number of amides is 1. The Bertz CT molecular complexity index is 692. The van der Waals surface area contributed by atoms with Crippen LogP contribution in [-0.4, -0.2) is 47.2 Å². The van der Waals surface area contributed by atoms with Gasteiger partial charge in [0, 0.05) is 13.1 Å². The minimum Gasteiger partial charge on any atom is -0.461 e. The fourth-order valence-corrected chi connectivity index (χ4v) is 2.41. The number of nitrogens with two attached hydrogens (primary N) is 1. The third kappa shape index (κ3) is 4.95. The van der Waals surface area contributed by atoms with Crippen LogP contribution in [0.4, 0.5) is 10.5 Å². The molecular weight excluding hydrogens is 322 g/mol. The second-order valence-corrected chi connectivity index (χ2v) is 6.76. The summed E-state index contributed by atoms with van der Waals surface area (Å²) < 4.78 is 10.4. The van der Waals surface area contributed by atoms with E-state index in [1.807, 2.05) is 26.8 Å². The number of pyridine rings is 1. The Balaban J connectivity index is 2.12. The lowest BCUT2D eigenvalue weighted by atomic mass is 10.0. The molecule has 0 unspecified atom stereocenters. The van der Waals surface area contributed by atoms with Crippen LogP contribution in [-0.2, 0) is 9.47 Å². The summed E-state index contributed by atoms with van der Waals surface area (Å²) in [5.41, 5.74) is 7.34. The monoisotopic (exact) mass is 347 g/mol. The van der Waals surface area contributed by atoms with Gasteiger partial charge in [0.05, 0.1) is 18.0 Å². The van der Waals surface area contributed by atoms with Crippen LogP contribution in [0, 0.1) is 0 Å². The van der Waals surface area contributed by atoms with Gasteiger partial charge in [0.15, 0.2) is 5.69 Å². The average molecular weight is 347 g/mol. The predicted molar refractivity (Wildman–Crippen MR) is 95.0 cm³/mol. The minimum absolute atomic E-state index is 0.120. The van der Waals surface area contributed by atoms with Crippen LogP contribution in [0.2, 0.25) is 0 Å². The van der Waals surface area contributed by atoms with Gasteiger partial charge in [0.25, 0.3) is 0 Å². The molecule has 7 heteroatoms. The number of hydrogen-bond donors (Lipinski definition) is 1. The van der Waals surface area contributed by atoms with Gasteiger partial charge in [-0.25, -0.2) is 14.6 Å². The molecule has 0 fully saturated rings. The van der Waals surface area contributed by atoms with E-state index in [-0.39, 0.29) is 24.1 Å². The van der Waals surface area contributed by atoms with Gasteiger partial charge in [0.2, 0.25) is 0 Å². The summed E-state index contributed by atoms with van der Waals surface area (Å²) in [6.07, 6.45) is 2.21. The molecule has 1 aromatic heterocycles. The minimum atomic E-state index is -0.534. The first kappa shape index (κ1) is 18.8. The number of nitrogens with zero attached hydrogens (tertiary/aromatic N) is 2. The van der Waals surface area contributed by atoms with Crippen molar-refractivity contribution in [2.24, 2.45) is 0 Å². The van der Waals surface area contributed by atoms with Crippen LogP contribution < -0.4 is 5.73 Å². The zero-order valence-corrected chi connectivity index (χ0v) is 15.2. The molecule has 7 nitrogen and oxygen atoms in total. The standard InChI is InChI=1S/C18H25N3O4/c1-5-24-16(22)15-13(19)6-7-14(20-15)12-8-10-21(11-9-12)17(23)25-18(2,3)4/h6-8H,5,9-11,19H2,1-4H3. The van der Waals surface area contributed by atoms with Crippen molar-refractivity contribution in [1.82, 2.24) is 9.88 Å². The molecule has 25 heavy (non-hydrogen) atoms. The Labute approximate surface area is 147 Å². The number of carbonyl (C=O) groups excluding carboxylic acids is 2. The highest BCUT2D eigenvalue weighted by Gasteiger charge is 2.24. The highest BCUT2D eigenvalue weighted by Crippen LogP contribution is 2.24. The lowest BCUT2D eigenvalue weighted by molar-refractivity contribution is 0.0270. The van der Waals surface area contributed by atoms with Crippen molar-refractivity contribution in [3.05, 3.63) is 29.6 Å². The first-order valence-electron chi connectivity index (χ1n) is 8.32. The van der Waals surface area contributed by atoms with Crippen LogP contribution in [0.25, 0.3) is 5.57 Å². The summed E-state index contributed by atoms with van der Waals surface area (Å²) >= 11 is 0. The fraction of sp³-hybridized carbons (Fsp3) is 0.500. The van der Waals surface area contributed by atoms with Crippen molar-refractivity contribution in [2.45, 2.75) is 39.7 Å². The van der Waals surface area contributed by atoms with Gasteiger partial charge in [-0.3, -0.25) is 0 Å². The molecule has 1 aliphatic rings. The molecule has 0 bridgehead atoms. The Morgan fingerprint density at radius 2 is 2.04 bits per heavy atom. The van der Waals surface area contributed by atoms with Gasteiger partial charge in [-0.1, -0.05) is 6.08 Å². The molecule has 0 saturated heterocycles. The van der Waals surface area contributed by atoms with E-state index < -0.39 is 11.6 Å². The number of ether oxygens (including phenoxy) is 2. The smallest absolute Gasteiger partial charge is 0.410 e. The maximum Gasteiger partial charge on any atom is 0.410 e. The lowest BCUT2D eigenvalue weighted by Gasteiger charge is -2.29. The third-order valence-electron chi connectivity index (χ3n) is 3.59. The van der Waals surface area contributed by atoms with E-state index >= 15 is 0 Å². The Morgan fingerprint density at radius 1 is 1.32 bits per heavy atom. The first-order chi connectivity index (χ1) is 11.7. The maximum atomic E-state index is 12.1. The van der Waals surface area contributed by atoms with Crippen molar-refractivity contribution < 1.29 is 19.1 Å². The first-order valence-corrected chi connectivity index (χ1v) is 8.32. The van der Waals surface area contributed by atoms with Crippen LogP contribution in [0.5, 0.6) is 0 Å². The Kier molecular flexibility index (Phi) is 5.66. The summed E-state index contributed by atoms with van der Waals surface area (Å²) in [6.45, 7) is 8.47. The Hall–Kier alpha value is -2.57. The molecule has 2 N–H and O–H groups in total. The quantitative estimate of drug-likeness (QED) is 0.845. The third-order valence-corrected chi connectivity index (χ3v) is 3.59. The van der Waals surface area contributed by atoms with Crippen molar-refractivity contribution in [2.75, 3.05) is 25.4 Å². The van der Waals surface area contributed by atoms with E-state index in [9.17, 15) is 9.59 Å². The van der Waals surface area contributed by atoms with E-state index in [2.05, 4.69) is 4.98 Å². The van der Waals surface area contributed by atoms with Crippen LogP contribution in [0.1, 0.15) is 50.3 Å². The number of aromatic nitrogens is 1. The fourth-order valence-electron chi connectivity index (χ4n) is 2.41. The van der Waals surface area contributed by atoms with Crippen LogP contribution in [0.3, 0.4) is 0 Å². The summed E-state index contributed by atoms with van der Waals surface area (Å²) in [4.78, 5) is 30.0. The number of esters is 1. The molecule has 2 rings (SSSR count). The molecule has 0 radical (unpaired) electrons. The zero-order chi connectivity index (χ0) is 18.6. The normalized spacial score (nSPS) is 14.7. The van der Waals surface area contributed by atoms with Crippen LogP contribution >= 0.6 is 0 Å². The summed E-state index contributed by atoms with van der Waals surface area (Å²) in [5.74, 6) is -0.534. The van der Waals surface area contributed by atoms with Crippen molar-refractivity contribution in [3.63, 3.8) is 0 Å². The highest BCUT2D eigenvalue weighted by molar-refractivity contribution is 5.93. The van der Waals surface area contributed by atoms with Crippen molar-refractivity contribution >= 4 is 23.3 Å². The van der Waals surface area contributed by atoms with E-state index in [1.54, 1.807) is 24.0 Å². The molecule has 1 aromatic rings. The molecular formula is C18H25N3O4. The average Bonchev–Trinajstić information content (AvgIpc) is 2.54. The molecule has 0 spiro atoms. The number of nitrogen functional groups attached to an aromatic ring is 1. The van der Waals surface area contributed by atoms with Crippen molar-refractivity contribution in [3.8, 4) is 0 Å². The van der Waals surface area contributed by atoms with E-state index in [0.29, 0.717) is 25.2 Å². The number of carbonyl (C=O) groups is 2. The van der Waals surface area contributed by atoms with Gasteiger partial charge in [0.1, 0.15) is 5.60 Å². The summed E-state index contributed by atoms with van der Waals surface area (Å²) in [6, 6.07) is 3.42. The van der Waals surface area contributed by atoms with Gasteiger partial charge < -0.3 is 20.1 Å². The van der Waals surface area contributed by atoms with Gasteiger partial charge >= 0.3 is 12.1 Å². The SMILES string of the molecule is CCOC(=O)c1nc(C2=CCN(C(=O)OC(C)(C)C)CC2)ccc1N. The molecule has 136 valence electrons. The van der Waals surface area contributed by atoms with E-state index in [4.69, 9.17) is 15.2 Å². The Morgan fingerprint density at radius 3 is 2.60 bits per heavy atom. The molecule has 1 amide bonds. The van der Waals surface area contributed by atoms with E-state index in [1.165, 1.54) is 0 Å². The highest BCUT2D eigenvalue weighted by atomic mass is 16.6. The summed E-state index contributed by atoms with van der Waals surface area (Å²) in [5, 5.41) is 0. The van der Waals surface area contributed by atoms with E-state index in [0.717, 1.165) is 5.57 Å². The maximum absolute atomic E-state index is 12.1. The molecule has 0 atom stereocenters. The number of anilines is 1. The second-order valence-electron chi connectivity index (χ2n) is 6.76. The lowest BCUT2D eigenvalue weighted by Crippen LogP contribution is -2.39. The van der Waals surface area contributed by atoms with Crippen LogP contribution in [0.15, 0.2) is 18.2 Å². The molecule has 1 aliphatic heterocycles. The molecule has 0 saturated carbocycles. The summed E-state index contributed by atoms with van der Waals surface area (Å²) in [7, 11) is 0. The van der Waals surface area contributed by atoms with Crippen molar-refractivity contribution in [1.29, 1.82) is 0 Å². The molecule has 0 aromatic carbocycles. The molecule has 0 aliphatic carbocycles. The second kappa shape index (κ2) is 7.55. The number of hydrogen-bond acceptors (Lipinski definition) is 6.